The van der Waals surface area contributed by atoms with Crippen LogP contribution in [0.15, 0.2) is 0 Å². The number of aliphatic hydroxyl groups is 2. The Kier molecular flexibility index (Phi) is 28.2. The van der Waals surface area contributed by atoms with Crippen LogP contribution in [0.5, 0.6) is 0 Å². The minimum Gasteiger partial charge on any atom is -0.390 e. The molecule has 37 heavy (non-hydrogen) atoms. The van der Waals surface area contributed by atoms with Gasteiger partial charge < -0.3 is 14.9 Å². The number of hydrogen-bond acceptors (Lipinski definition) is 4. The Morgan fingerprint density at radius 2 is 0.811 bits per heavy atom. The summed E-state index contributed by atoms with van der Waals surface area (Å²) in [4.78, 5) is 12.4. The molecule has 4 nitrogen and oxygen atoms in total. The maximum atomic E-state index is 12.4. The largest absolute Gasteiger partial charge is 0.390 e. The molecule has 0 aromatic rings. The zero-order valence-corrected chi connectivity index (χ0v) is 25.2. The number of hydrogen-bond donors (Lipinski definition) is 2. The second kappa shape index (κ2) is 28.6. The standard InChI is InChI=1S/C33H66O4/c1-3-5-7-9-11-12-13-14-15-16-17-18-19-20-21-22-23-24-25-27-29-32(35)33(36,31-34)37-30-28-26-10-8-6-4-2/h34,36H,3-31H2,1-2H3. The Morgan fingerprint density at radius 1 is 0.514 bits per heavy atom. The highest BCUT2D eigenvalue weighted by molar-refractivity contribution is 5.85. The molecule has 1 atom stereocenters. The third kappa shape index (κ3) is 24.3. The zero-order chi connectivity index (χ0) is 27.3. The molecule has 0 aliphatic carbocycles. The van der Waals surface area contributed by atoms with Gasteiger partial charge in [-0.15, -0.1) is 0 Å². The predicted molar refractivity (Wildman–Crippen MR) is 159 cm³/mol. The lowest BCUT2D eigenvalue weighted by molar-refractivity contribution is -0.219. The lowest BCUT2D eigenvalue weighted by Crippen LogP contribution is -2.45. The van der Waals surface area contributed by atoms with Gasteiger partial charge in [0.2, 0.25) is 5.79 Å². The maximum absolute atomic E-state index is 12.4. The third-order valence-corrected chi connectivity index (χ3v) is 7.75. The molecule has 0 rings (SSSR count). The van der Waals surface area contributed by atoms with Crippen molar-refractivity contribution in [3.05, 3.63) is 0 Å². The summed E-state index contributed by atoms with van der Waals surface area (Å²) in [5.74, 6) is -2.37. The van der Waals surface area contributed by atoms with E-state index < -0.39 is 12.4 Å². The van der Waals surface area contributed by atoms with Crippen molar-refractivity contribution < 1.29 is 19.7 Å². The van der Waals surface area contributed by atoms with Gasteiger partial charge in [0.15, 0.2) is 5.78 Å². The molecule has 0 fully saturated rings. The van der Waals surface area contributed by atoms with E-state index in [1.165, 1.54) is 128 Å². The summed E-state index contributed by atoms with van der Waals surface area (Å²) in [6.07, 6.45) is 33.5. The minimum atomic E-state index is -2.00. The first-order valence-electron chi connectivity index (χ1n) is 16.6. The molecule has 0 aliphatic heterocycles. The van der Waals surface area contributed by atoms with Crippen molar-refractivity contribution in [2.45, 2.75) is 193 Å². The highest BCUT2D eigenvalue weighted by Gasteiger charge is 2.35. The van der Waals surface area contributed by atoms with Crippen LogP contribution in [-0.2, 0) is 9.53 Å². The summed E-state index contributed by atoms with van der Waals surface area (Å²) in [6, 6.07) is 0. The van der Waals surface area contributed by atoms with E-state index in [4.69, 9.17) is 4.74 Å². The monoisotopic (exact) mass is 526 g/mol. The van der Waals surface area contributed by atoms with Crippen LogP contribution in [0.4, 0.5) is 0 Å². The molecule has 0 spiro atoms. The van der Waals surface area contributed by atoms with Gasteiger partial charge in [-0.1, -0.05) is 168 Å². The van der Waals surface area contributed by atoms with Crippen molar-refractivity contribution >= 4 is 5.78 Å². The van der Waals surface area contributed by atoms with E-state index in [1.54, 1.807) is 0 Å². The van der Waals surface area contributed by atoms with Gasteiger partial charge in [0.05, 0.1) is 6.61 Å². The van der Waals surface area contributed by atoms with Crippen molar-refractivity contribution in [3.63, 3.8) is 0 Å². The second-order valence-corrected chi connectivity index (χ2v) is 11.4. The Balaban J connectivity index is 3.44. The molecular weight excluding hydrogens is 460 g/mol. The first-order valence-corrected chi connectivity index (χ1v) is 16.6. The normalized spacial score (nSPS) is 13.2. The molecule has 0 saturated heterocycles. The van der Waals surface area contributed by atoms with Crippen LogP contribution >= 0.6 is 0 Å². The Bertz CT molecular complexity index is 467. The summed E-state index contributed by atoms with van der Waals surface area (Å²) < 4.78 is 5.40. The smallest absolute Gasteiger partial charge is 0.250 e. The lowest BCUT2D eigenvalue weighted by atomic mass is 10.0. The van der Waals surface area contributed by atoms with Gasteiger partial charge in [-0.2, -0.15) is 0 Å². The van der Waals surface area contributed by atoms with Crippen LogP contribution in [0.3, 0.4) is 0 Å². The summed E-state index contributed by atoms with van der Waals surface area (Å²) >= 11 is 0. The molecule has 4 heteroatoms. The van der Waals surface area contributed by atoms with Crippen molar-refractivity contribution in [1.29, 1.82) is 0 Å². The van der Waals surface area contributed by atoms with E-state index in [2.05, 4.69) is 13.8 Å². The Hall–Kier alpha value is -0.450. The summed E-state index contributed by atoms with van der Waals surface area (Å²) in [6.45, 7) is 4.15. The predicted octanol–water partition coefficient (Wildman–Crippen LogP) is 9.83. The van der Waals surface area contributed by atoms with Gasteiger partial charge in [0, 0.05) is 6.42 Å². The molecule has 0 aliphatic rings. The van der Waals surface area contributed by atoms with Crippen molar-refractivity contribution in [3.8, 4) is 0 Å². The zero-order valence-electron chi connectivity index (χ0n) is 25.2. The minimum absolute atomic E-state index is 0.284. The second-order valence-electron chi connectivity index (χ2n) is 11.4. The van der Waals surface area contributed by atoms with Crippen LogP contribution in [-0.4, -0.2) is 35.0 Å². The summed E-state index contributed by atoms with van der Waals surface area (Å²) in [5, 5.41) is 19.9. The first-order chi connectivity index (χ1) is 18.1. The van der Waals surface area contributed by atoms with Gasteiger partial charge in [0.1, 0.15) is 6.61 Å². The number of aliphatic hydroxyl groups excluding tert-OH is 1. The molecule has 0 heterocycles. The van der Waals surface area contributed by atoms with E-state index >= 15 is 0 Å². The molecule has 0 bridgehead atoms. The topological polar surface area (TPSA) is 66.8 Å². The van der Waals surface area contributed by atoms with E-state index in [-0.39, 0.29) is 12.2 Å². The number of rotatable bonds is 31. The molecule has 1 unspecified atom stereocenters. The van der Waals surface area contributed by atoms with Crippen LogP contribution in [0, 0.1) is 0 Å². The lowest BCUT2D eigenvalue weighted by Gasteiger charge is -2.24. The number of ketones is 1. The summed E-state index contributed by atoms with van der Waals surface area (Å²) in [5.41, 5.74) is 0. The first kappa shape index (κ1) is 36.5. The van der Waals surface area contributed by atoms with E-state index in [0.717, 1.165) is 38.5 Å². The van der Waals surface area contributed by atoms with Crippen molar-refractivity contribution in [2.75, 3.05) is 13.2 Å². The van der Waals surface area contributed by atoms with Gasteiger partial charge in [-0.05, 0) is 12.8 Å². The highest BCUT2D eigenvalue weighted by Crippen LogP contribution is 2.17. The fourth-order valence-electron chi connectivity index (χ4n) is 5.07. The molecule has 222 valence electrons. The van der Waals surface area contributed by atoms with E-state index in [9.17, 15) is 15.0 Å². The molecule has 2 N–H and O–H groups in total. The number of carbonyl (C=O) groups excluding carboxylic acids is 1. The van der Waals surface area contributed by atoms with Crippen molar-refractivity contribution in [1.82, 2.24) is 0 Å². The number of carbonyl (C=O) groups is 1. The molecule has 0 radical (unpaired) electrons. The van der Waals surface area contributed by atoms with Crippen LogP contribution in [0.1, 0.15) is 187 Å². The third-order valence-electron chi connectivity index (χ3n) is 7.75. The fraction of sp³-hybridized carbons (Fsp3) is 0.970. The number of Topliss-reactive ketones (excluding diaryl/α,β-unsaturated/α-hetero) is 1. The molecular formula is C33H66O4. The quantitative estimate of drug-likeness (QED) is 0.0696. The van der Waals surface area contributed by atoms with Gasteiger partial charge in [0.25, 0.3) is 0 Å². The van der Waals surface area contributed by atoms with E-state index in [1.807, 2.05) is 0 Å². The highest BCUT2D eigenvalue weighted by atomic mass is 16.6. The number of ether oxygens (including phenoxy) is 1. The molecule has 0 aromatic heterocycles. The van der Waals surface area contributed by atoms with Crippen LogP contribution < -0.4 is 0 Å². The molecule has 0 amide bonds. The van der Waals surface area contributed by atoms with Gasteiger partial charge in [-0.3, -0.25) is 4.79 Å². The maximum Gasteiger partial charge on any atom is 0.250 e. The SMILES string of the molecule is CCCCCCCCCCCCCCCCCCCCCCC(=O)C(O)(CO)OCCCCCCCC. The number of unbranched alkanes of at least 4 members (excludes halogenated alkanes) is 24. The fourth-order valence-corrected chi connectivity index (χ4v) is 5.07. The Morgan fingerprint density at radius 3 is 1.14 bits per heavy atom. The average molecular weight is 527 g/mol. The average Bonchev–Trinajstić information content (AvgIpc) is 2.91. The van der Waals surface area contributed by atoms with Crippen LogP contribution in [0.2, 0.25) is 0 Å². The van der Waals surface area contributed by atoms with Crippen LogP contribution in [0.25, 0.3) is 0 Å². The Labute approximate surface area is 231 Å². The van der Waals surface area contributed by atoms with Gasteiger partial charge in [-0.25, -0.2) is 0 Å². The van der Waals surface area contributed by atoms with E-state index in [0.29, 0.717) is 6.61 Å². The summed E-state index contributed by atoms with van der Waals surface area (Å²) in [7, 11) is 0. The van der Waals surface area contributed by atoms with Crippen molar-refractivity contribution in [2.24, 2.45) is 0 Å². The molecule has 0 saturated carbocycles. The van der Waals surface area contributed by atoms with Gasteiger partial charge >= 0.3 is 0 Å². The molecule has 0 aromatic carbocycles.